The molecule has 1 fully saturated rings. The molecule has 2 N–H and O–H groups in total. The summed E-state index contributed by atoms with van der Waals surface area (Å²) in [5.74, 6) is 0. The Morgan fingerprint density at radius 3 is 2.44 bits per heavy atom. The van der Waals surface area contributed by atoms with Crippen molar-refractivity contribution < 1.29 is 8.42 Å². The maximum atomic E-state index is 12.2. The molecule has 1 aliphatic heterocycles. The third-order valence-corrected chi connectivity index (χ3v) is 4.73. The zero-order valence-electron chi connectivity index (χ0n) is 9.26. The molecule has 0 amide bonds. The number of sulfonamides is 1. The molecule has 0 aromatic heterocycles. The third kappa shape index (κ3) is 2.11. The molecular weight excluding hydrogens is 224 g/mol. The summed E-state index contributed by atoms with van der Waals surface area (Å²) in [7, 11) is -3.34. The van der Waals surface area contributed by atoms with Crippen LogP contribution in [0.5, 0.6) is 0 Å². The molecule has 1 unspecified atom stereocenters. The van der Waals surface area contributed by atoms with Gasteiger partial charge in [0.25, 0.3) is 0 Å². The van der Waals surface area contributed by atoms with Crippen LogP contribution in [0, 0.1) is 6.92 Å². The van der Waals surface area contributed by atoms with Gasteiger partial charge >= 0.3 is 0 Å². The normalized spacial score (nSPS) is 22.5. The molecular formula is C11H16N2O2S. The maximum absolute atomic E-state index is 12.2. The van der Waals surface area contributed by atoms with E-state index in [0.29, 0.717) is 18.0 Å². The number of hydrogen-bond acceptors (Lipinski definition) is 3. The number of nitrogens with zero attached hydrogens (tertiary/aromatic N) is 1. The van der Waals surface area contributed by atoms with E-state index in [9.17, 15) is 8.42 Å². The number of aryl methyl sites for hydroxylation is 1. The molecule has 1 aromatic carbocycles. The van der Waals surface area contributed by atoms with Crippen molar-refractivity contribution in [3.63, 3.8) is 0 Å². The standard InChI is InChI=1S/C11H16N2O2S/c1-9-2-4-11(5-3-9)16(14,15)13-7-6-10(12)8-13/h2-5,10H,6-8,12H2,1H3. The Morgan fingerprint density at radius 1 is 1.31 bits per heavy atom. The van der Waals surface area contributed by atoms with E-state index in [1.807, 2.05) is 19.1 Å². The lowest BCUT2D eigenvalue weighted by Crippen LogP contribution is -2.31. The van der Waals surface area contributed by atoms with Crippen LogP contribution in [-0.4, -0.2) is 31.9 Å². The van der Waals surface area contributed by atoms with Gasteiger partial charge < -0.3 is 5.73 Å². The van der Waals surface area contributed by atoms with Gasteiger partial charge in [-0.2, -0.15) is 4.31 Å². The smallest absolute Gasteiger partial charge is 0.243 e. The molecule has 0 bridgehead atoms. The van der Waals surface area contributed by atoms with Crippen molar-refractivity contribution in [2.24, 2.45) is 5.73 Å². The zero-order valence-corrected chi connectivity index (χ0v) is 10.1. The van der Waals surface area contributed by atoms with Gasteiger partial charge in [-0.25, -0.2) is 8.42 Å². The van der Waals surface area contributed by atoms with E-state index in [1.165, 1.54) is 4.31 Å². The molecule has 1 aliphatic rings. The van der Waals surface area contributed by atoms with Crippen LogP contribution in [0.1, 0.15) is 12.0 Å². The molecule has 5 heteroatoms. The molecule has 1 atom stereocenters. The monoisotopic (exact) mass is 240 g/mol. The summed E-state index contributed by atoms with van der Waals surface area (Å²) in [5, 5.41) is 0. The lowest BCUT2D eigenvalue weighted by atomic mass is 10.2. The van der Waals surface area contributed by atoms with E-state index in [0.717, 1.165) is 12.0 Å². The van der Waals surface area contributed by atoms with Crippen LogP contribution in [0.4, 0.5) is 0 Å². The number of rotatable bonds is 2. The summed E-state index contributed by atoms with van der Waals surface area (Å²) >= 11 is 0. The van der Waals surface area contributed by atoms with E-state index in [-0.39, 0.29) is 6.04 Å². The van der Waals surface area contributed by atoms with Crippen LogP contribution in [0.3, 0.4) is 0 Å². The van der Waals surface area contributed by atoms with Crippen LogP contribution in [0.2, 0.25) is 0 Å². The van der Waals surface area contributed by atoms with Crippen LogP contribution in [0.25, 0.3) is 0 Å². The zero-order chi connectivity index (χ0) is 11.8. The predicted octanol–water partition coefficient (Wildman–Crippen LogP) is 0.717. The molecule has 16 heavy (non-hydrogen) atoms. The van der Waals surface area contributed by atoms with Crippen LogP contribution < -0.4 is 5.73 Å². The summed E-state index contributed by atoms with van der Waals surface area (Å²) in [6.45, 7) is 2.88. The number of nitrogens with two attached hydrogens (primary N) is 1. The molecule has 0 spiro atoms. The van der Waals surface area contributed by atoms with Crippen LogP contribution >= 0.6 is 0 Å². The molecule has 4 nitrogen and oxygen atoms in total. The first kappa shape index (κ1) is 11.6. The summed E-state index contributed by atoms with van der Waals surface area (Å²) in [4.78, 5) is 0.354. The minimum Gasteiger partial charge on any atom is -0.326 e. The molecule has 2 rings (SSSR count). The first-order chi connectivity index (χ1) is 7.50. The minimum atomic E-state index is -3.34. The second-order valence-electron chi connectivity index (χ2n) is 4.22. The Kier molecular flexibility index (Phi) is 3.01. The summed E-state index contributed by atoms with van der Waals surface area (Å²) in [6.07, 6.45) is 0.741. The fourth-order valence-corrected chi connectivity index (χ4v) is 3.34. The Balaban J connectivity index is 2.29. The summed E-state index contributed by atoms with van der Waals surface area (Å²) < 4.78 is 25.8. The molecule has 0 saturated carbocycles. The van der Waals surface area contributed by atoms with Gasteiger partial charge in [-0.15, -0.1) is 0 Å². The van der Waals surface area contributed by atoms with Crippen LogP contribution in [-0.2, 0) is 10.0 Å². The first-order valence-corrected chi connectivity index (χ1v) is 6.76. The van der Waals surface area contributed by atoms with Gasteiger partial charge in [0.15, 0.2) is 0 Å². The molecule has 1 heterocycles. The van der Waals surface area contributed by atoms with Crippen molar-refractivity contribution in [1.82, 2.24) is 4.31 Å². The van der Waals surface area contributed by atoms with Crippen molar-refractivity contribution in [3.8, 4) is 0 Å². The lowest BCUT2D eigenvalue weighted by molar-refractivity contribution is 0.472. The predicted molar refractivity (Wildman–Crippen MR) is 62.5 cm³/mol. The van der Waals surface area contributed by atoms with Gasteiger partial charge in [-0.1, -0.05) is 17.7 Å². The van der Waals surface area contributed by atoms with Crippen molar-refractivity contribution in [1.29, 1.82) is 0 Å². The van der Waals surface area contributed by atoms with E-state index in [1.54, 1.807) is 12.1 Å². The Hall–Kier alpha value is -0.910. The Morgan fingerprint density at radius 2 is 1.94 bits per heavy atom. The SMILES string of the molecule is Cc1ccc(S(=O)(=O)N2CCC(N)C2)cc1. The highest BCUT2D eigenvalue weighted by Crippen LogP contribution is 2.20. The third-order valence-electron chi connectivity index (χ3n) is 2.85. The van der Waals surface area contributed by atoms with E-state index >= 15 is 0 Å². The van der Waals surface area contributed by atoms with E-state index in [2.05, 4.69) is 0 Å². The molecule has 1 saturated heterocycles. The largest absolute Gasteiger partial charge is 0.326 e. The molecule has 88 valence electrons. The van der Waals surface area contributed by atoms with Gasteiger partial charge in [-0.05, 0) is 25.5 Å². The van der Waals surface area contributed by atoms with Gasteiger partial charge in [0.2, 0.25) is 10.0 Å². The average molecular weight is 240 g/mol. The molecule has 0 radical (unpaired) electrons. The van der Waals surface area contributed by atoms with E-state index in [4.69, 9.17) is 5.73 Å². The second-order valence-corrected chi connectivity index (χ2v) is 6.16. The quantitative estimate of drug-likeness (QED) is 0.828. The average Bonchev–Trinajstić information content (AvgIpc) is 2.66. The highest BCUT2D eigenvalue weighted by atomic mass is 32.2. The van der Waals surface area contributed by atoms with Crippen molar-refractivity contribution in [2.75, 3.05) is 13.1 Å². The van der Waals surface area contributed by atoms with Crippen molar-refractivity contribution in [2.45, 2.75) is 24.3 Å². The summed E-state index contributed by atoms with van der Waals surface area (Å²) in [5.41, 5.74) is 6.77. The molecule has 0 aliphatic carbocycles. The maximum Gasteiger partial charge on any atom is 0.243 e. The van der Waals surface area contributed by atoms with Gasteiger partial charge in [0.1, 0.15) is 0 Å². The summed E-state index contributed by atoms with van der Waals surface area (Å²) in [6, 6.07) is 6.88. The first-order valence-electron chi connectivity index (χ1n) is 5.32. The Bertz CT molecular complexity index is 467. The van der Waals surface area contributed by atoms with Gasteiger partial charge in [0.05, 0.1) is 4.90 Å². The molecule has 1 aromatic rings. The van der Waals surface area contributed by atoms with Crippen LogP contribution in [0.15, 0.2) is 29.2 Å². The lowest BCUT2D eigenvalue weighted by Gasteiger charge is -2.15. The minimum absolute atomic E-state index is 0.0276. The number of benzene rings is 1. The fourth-order valence-electron chi connectivity index (χ4n) is 1.83. The number of hydrogen-bond donors (Lipinski definition) is 1. The highest BCUT2D eigenvalue weighted by Gasteiger charge is 2.30. The van der Waals surface area contributed by atoms with Gasteiger partial charge in [-0.3, -0.25) is 0 Å². The van der Waals surface area contributed by atoms with Gasteiger partial charge in [0, 0.05) is 19.1 Å². The highest BCUT2D eigenvalue weighted by molar-refractivity contribution is 7.89. The van der Waals surface area contributed by atoms with Crippen molar-refractivity contribution in [3.05, 3.63) is 29.8 Å². The topological polar surface area (TPSA) is 63.4 Å². The second kappa shape index (κ2) is 4.16. The fraction of sp³-hybridized carbons (Fsp3) is 0.455. The van der Waals surface area contributed by atoms with Crippen molar-refractivity contribution >= 4 is 10.0 Å². The van der Waals surface area contributed by atoms with E-state index < -0.39 is 10.0 Å². The Labute approximate surface area is 96.1 Å².